The number of carbonyl (C=O) groups excluding carboxylic acids is 1. The van der Waals surface area contributed by atoms with Crippen LogP contribution in [0.3, 0.4) is 0 Å². The molecule has 7 nitrogen and oxygen atoms in total. The Bertz CT molecular complexity index is 1890. The molecule has 0 fully saturated rings. The highest BCUT2D eigenvalue weighted by Crippen LogP contribution is 2.38. The molecule has 0 unspecified atom stereocenters. The van der Waals surface area contributed by atoms with Gasteiger partial charge < -0.3 is 14.2 Å². The maximum Gasteiger partial charge on any atom is 0.338 e. The Kier molecular flexibility index (Phi) is 9.40. The van der Waals surface area contributed by atoms with Gasteiger partial charge in [-0.05, 0) is 74.7 Å². The Morgan fingerprint density at radius 2 is 1.79 bits per heavy atom. The zero-order chi connectivity index (χ0) is 30.7. The molecule has 2 heterocycles. The van der Waals surface area contributed by atoms with Gasteiger partial charge in [-0.1, -0.05) is 76.5 Å². The minimum absolute atomic E-state index is 0.211. The highest BCUT2D eigenvalue weighted by Gasteiger charge is 2.33. The van der Waals surface area contributed by atoms with Crippen LogP contribution in [-0.2, 0) is 16.1 Å². The Morgan fingerprint density at radius 1 is 1.02 bits per heavy atom. The van der Waals surface area contributed by atoms with Gasteiger partial charge in [0, 0.05) is 5.02 Å². The number of allylic oxidation sites excluding steroid dienone is 1. The Hall–Kier alpha value is -3.85. The lowest BCUT2D eigenvalue weighted by molar-refractivity contribution is -0.139. The van der Waals surface area contributed by atoms with Gasteiger partial charge in [0.1, 0.15) is 6.61 Å². The summed E-state index contributed by atoms with van der Waals surface area (Å²) in [6.07, 6.45) is 1.74. The second kappa shape index (κ2) is 13.2. The molecule has 0 spiro atoms. The highest BCUT2D eigenvalue weighted by atomic mass is 35.5. The van der Waals surface area contributed by atoms with Crippen LogP contribution in [0.25, 0.3) is 6.08 Å². The molecule has 0 saturated heterocycles. The number of thiazole rings is 1. The molecule has 0 bridgehead atoms. The van der Waals surface area contributed by atoms with Crippen molar-refractivity contribution in [2.24, 2.45) is 4.99 Å². The van der Waals surface area contributed by atoms with Crippen LogP contribution in [0.5, 0.6) is 11.5 Å². The van der Waals surface area contributed by atoms with E-state index >= 15 is 0 Å². The van der Waals surface area contributed by atoms with Crippen LogP contribution in [0.2, 0.25) is 10.0 Å². The van der Waals surface area contributed by atoms with E-state index in [-0.39, 0.29) is 18.8 Å². The number of aryl methyl sites for hydroxylation is 1. The van der Waals surface area contributed by atoms with Crippen molar-refractivity contribution in [3.63, 3.8) is 0 Å². The minimum Gasteiger partial charge on any atom is -0.490 e. The van der Waals surface area contributed by atoms with Gasteiger partial charge in [-0.15, -0.1) is 0 Å². The van der Waals surface area contributed by atoms with Crippen LogP contribution < -0.4 is 24.4 Å². The first-order chi connectivity index (χ1) is 20.7. The second-order valence-electron chi connectivity index (χ2n) is 9.89. The second-order valence-corrected chi connectivity index (χ2v) is 11.7. The molecule has 10 heteroatoms. The number of nitrogens with zero attached hydrogens (tertiary/aromatic N) is 2. The van der Waals surface area contributed by atoms with Crippen molar-refractivity contribution in [3.8, 4) is 11.5 Å². The molecule has 0 aliphatic carbocycles. The Morgan fingerprint density at radius 3 is 2.49 bits per heavy atom. The zero-order valence-electron chi connectivity index (χ0n) is 24.1. The van der Waals surface area contributed by atoms with E-state index < -0.39 is 12.0 Å². The third-order valence-corrected chi connectivity index (χ3v) is 8.31. The van der Waals surface area contributed by atoms with Crippen LogP contribution in [0, 0.1) is 6.92 Å². The van der Waals surface area contributed by atoms with Crippen molar-refractivity contribution in [3.05, 3.63) is 124 Å². The number of benzene rings is 3. The summed E-state index contributed by atoms with van der Waals surface area (Å²) in [6.45, 7) is 8.22. The number of aromatic nitrogens is 1. The molecular weight excluding hydrogens is 607 g/mol. The fourth-order valence-electron chi connectivity index (χ4n) is 4.86. The van der Waals surface area contributed by atoms with Crippen LogP contribution >= 0.6 is 34.5 Å². The van der Waals surface area contributed by atoms with E-state index in [1.807, 2.05) is 56.3 Å². The number of carbonyl (C=O) groups is 1. The summed E-state index contributed by atoms with van der Waals surface area (Å²) >= 11 is 14.0. The molecule has 1 aliphatic heterocycles. The molecule has 222 valence electrons. The summed E-state index contributed by atoms with van der Waals surface area (Å²) in [6, 6.07) is 18.0. The van der Waals surface area contributed by atoms with Crippen molar-refractivity contribution >= 4 is 46.6 Å². The summed E-state index contributed by atoms with van der Waals surface area (Å²) in [5.41, 5.74) is 3.97. The van der Waals surface area contributed by atoms with Crippen LogP contribution in [0.1, 0.15) is 49.1 Å². The van der Waals surface area contributed by atoms with Crippen molar-refractivity contribution in [1.82, 2.24) is 4.57 Å². The fourth-order valence-corrected chi connectivity index (χ4v) is 6.40. The molecule has 1 aromatic heterocycles. The molecule has 4 aromatic rings. The smallest absolute Gasteiger partial charge is 0.338 e. The maximum absolute atomic E-state index is 14.0. The van der Waals surface area contributed by atoms with Crippen molar-refractivity contribution < 1.29 is 19.0 Å². The van der Waals surface area contributed by atoms with Gasteiger partial charge in [0.25, 0.3) is 5.56 Å². The predicted molar refractivity (Wildman–Crippen MR) is 170 cm³/mol. The molecular formula is C33H30Cl2N2O5S. The summed E-state index contributed by atoms with van der Waals surface area (Å²) < 4.78 is 19.3. The molecule has 0 saturated carbocycles. The number of rotatable bonds is 9. The van der Waals surface area contributed by atoms with Crippen LogP contribution in [-0.4, -0.2) is 23.8 Å². The SMILES string of the molecule is CCOC(=O)C1=C(C)N=c2s/c(=C\c3cc(Cl)c(OCc4cccc(Cl)c4)c(OCC)c3)c(=O)n2[C@@H]1c1ccc(C)cc1. The number of hydrogen-bond acceptors (Lipinski definition) is 7. The monoisotopic (exact) mass is 636 g/mol. The molecule has 0 N–H and O–H groups in total. The van der Waals surface area contributed by atoms with E-state index in [1.165, 1.54) is 11.3 Å². The first-order valence-electron chi connectivity index (χ1n) is 13.8. The fraction of sp³-hybridized carbons (Fsp3) is 0.242. The van der Waals surface area contributed by atoms with Gasteiger partial charge in [0.2, 0.25) is 0 Å². The van der Waals surface area contributed by atoms with Crippen molar-refractivity contribution in [2.75, 3.05) is 13.2 Å². The molecule has 1 aliphatic rings. The van der Waals surface area contributed by atoms with Crippen molar-refractivity contribution in [1.29, 1.82) is 0 Å². The van der Waals surface area contributed by atoms with E-state index in [0.717, 1.165) is 16.7 Å². The van der Waals surface area contributed by atoms with E-state index in [4.69, 9.17) is 37.4 Å². The molecule has 0 amide bonds. The molecule has 43 heavy (non-hydrogen) atoms. The van der Waals surface area contributed by atoms with Crippen LogP contribution in [0.15, 0.2) is 81.7 Å². The lowest BCUT2D eigenvalue weighted by atomic mass is 9.95. The summed E-state index contributed by atoms with van der Waals surface area (Å²) in [5, 5.41) is 0.952. The van der Waals surface area contributed by atoms with E-state index in [1.54, 1.807) is 42.7 Å². The topological polar surface area (TPSA) is 79.1 Å². The summed E-state index contributed by atoms with van der Waals surface area (Å²) in [4.78, 5) is 32.2. The summed E-state index contributed by atoms with van der Waals surface area (Å²) in [5.74, 6) is 0.357. The summed E-state index contributed by atoms with van der Waals surface area (Å²) in [7, 11) is 0. The maximum atomic E-state index is 14.0. The Balaban J connectivity index is 1.58. The highest BCUT2D eigenvalue weighted by molar-refractivity contribution is 7.07. The molecule has 3 aromatic carbocycles. The number of halogens is 2. The largest absolute Gasteiger partial charge is 0.490 e. The number of ether oxygens (including phenoxy) is 3. The predicted octanol–water partition coefficient (Wildman–Crippen LogP) is 6.39. The average Bonchev–Trinajstić information content (AvgIpc) is 3.26. The standard InChI is InChI=1S/C33H30Cl2N2O5S/c1-5-40-26-16-22(15-25(35)30(26)42-18-21-8-7-9-24(34)14-21)17-27-31(38)37-29(23-12-10-19(3)11-13-23)28(32(39)41-6-2)20(4)36-33(37)43-27/h7-17,29H,5-6,18H2,1-4H3/b27-17-/t29-/m1/s1. The number of fused-ring (bicyclic) bond motifs is 1. The van der Waals surface area contributed by atoms with Gasteiger partial charge in [-0.2, -0.15) is 0 Å². The number of esters is 1. The van der Waals surface area contributed by atoms with Gasteiger partial charge in [-0.25, -0.2) is 9.79 Å². The normalized spacial score (nSPS) is 14.7. The minimum atomic E-state index is -0.678. The van der Waals surface area contributed by atoms with Gasteiger partial charge in [0.15, 0.2) is 16.3 Å². The first kappa shape index (κ1) is 30.6. The molecule has 1 atom stereocenters. The third-order valence-electron chi connectivity index (χ3n) is 6.81. The van der Waals surface area contributed by atoms with Gasteiger partial charge in [-0.3, -0.25) is 9.36 Å². The van der Waals surface area contributed by atoms with Crippen molar-refractivity contribution in [2.45, 2.75) is 40.3 Å². The third kappa shape index (κ3) is 6.56. The Labute approximate surface area is 263 Å². The zero-order valence-corrected chi connectivity index (χ0v) is 26.5. The van der Waals surface area contributed by atoms with E-state index in [9.17, 15) is 9.59 Å². The van der Waals surface area contributed by atoms with E-state index in [0.29, 0.717) is 54.3 Å². The first-order valence-corrected chi connectivity index (χ1v) is 15.4. The molecule has 0 radical (unpaired) electrons. The van der Waals surface area contributed by atoms with Gasteiger partial charge in [0.05, 0.1) is 40.1 Å². The number of hydrogen-bond donors (Lipinski definition) is 0. The van der Waals surface area contributed by atoms with Gasteiger partial charge >= 0.3 is 5.97 Å². The lowest BCUT2D eigenvalue weighted by Crippen LogP contribution is -2.39. The lowest BCUT2D eigenvalue weighted by Gasteiger charge is -2.24. The molecule has 5 rings (SSSR count). The van der Waals surface area contributed by atoms with Crippen LogP contribution in [0.4, 0.5) is 0 Å². The quantitative estimate of drug-likeness (QED) is 0.199. The van der Waals surface area contributed by atoms with E-state index in [2.05, 4.69) is 4.99 Å². The average molecular weight is 638 g/mol.